The molecule has 0 fully saturated rings. The van der Waals surface area contributed by atoms with Crippen LogP contribution in [0.25, 0.3) is 0 Å². The van der Waals surface area contributed by atoms with Crippen LogP contribution in [0.2, 0.25) is 0 Å². The summed E-state index contributed by atoms with van der Waals surface area (Å²) in [5.74, 6) is -2.48. The van der Waals surface area contributed by atoms with Gasteiger partial charge in [0.25, 0.3) is 5.91 Å². The van der Waals surface area contributed by atoms with Crippen LogP contribution in [0.5, 0.6) is 0 Å². The molecule has 2 heterocycles. The maximum atomic E-state index is 13.1. The van der Waals surface area contributed by atoms with E-state index in [2.05, 4.69) is 15.6 Å². The van der Waals surface area contributed by atoms with E-state index >= 15 is 0 Å². The first-order valence-electron chi connectivity index (χ1n) is 8.94. The van der Waals surface area contributed by atoms with E-state index in [-0.39, 0.29) is 33.7 Å². The summed E-state index contributed by atoms with van der Waals surface area (Å²) in [6, 6.07) is 15.1. The predicted octanol–water partition coefficient (Wildman–Crippen LogP) is 3.21. The molecule has 0 aliphatic carbocycles. The van der Waals surface area contributed by atoms with Crippen LogP contribution in [0.3, 0.4) is 0 Å². The highest BCUT2D eigenvalue weighted by molar-refractivity contribution is 7.16. The number of aromatic nitrogens is 1. The van der Waals surface area contributed by atoms with Crippen LogP contribution in [-0.4, -0.2) is 22.6 Å². The normalized spacial score (nSPS) is 15.6. The fraction of sp³-hybridized carbons (Fsp3) is 0.143. The number of nitrogens with zero attached hydrogens (tertiary/aromatic N) is 1. The number of amides is 2. The van der Waals surface area contributed by atoms with Gasteiger partial charge < -0.3 is 10.6 Å². The molecule has 29 heavy (non-hydrogen) atoms. The van der Waals surface area contributed by atoms with Crippen LogP contribution in [0, 0.1) is 11.7 Å². The molecule has 146 valence electrons. The highest BCUT2D eigenvalue weighted by Gasteiger charge is 2.37. The van der Waals surface area contributed by atoms with Crippen molar-refractivity contribution in [3.05, 3.63) is 81.4 Å². The second kappa shape index (κ2) is 7.92. The quantitative estimate of drug-likeness (QED) is 0.634. The smallest absolute Gasteiger partial charge is 0.280 e. The molecule has 1 aromatic heterocycles. The molecule has 2 N–H and O–H groups in total. The highest BCUT2D eigenvalue weighted by Crippen LogP contribution is 2.32. The Morgan fingerprint density at radius 1 is 1.07 bits per heavy atom. The average Bonchev–Trinajstić information content (AvgIpc) is 3.16. The minimum atomic E-state index is -0.936. The summed E-state index contributed by atoms with van der Waals surface area (Å²) in [7, 11) is 0. The Balaban J connectivity index is 1.49. The summed E-state index contributed by atoms with van der Waals surface area (Å²) in [5, 5.41) is 5.48. The van der Waals surface area contributed by atoms with Gasteiger partial charge in [-0.25, -0.2) is 9.37 Å². The molecule has 0 spiro atoms. The molecule has 1 atom stereocenters. The number of rotatable bonds is 5. The topological polar surface area (TPSA) is 88.2 Å². The van der Waals surface area contributed by atoms with Crippen molar-refractivity contribution in [1.29, 1.82) is 0 Å². The molecule has 2 aromatic carbocycles. The van der Waals surface area contributed by atoms with Crippen molar-refractivity contribution in [1.82, 2.24) is 10.3 Å². The number of benzene rings is 2. The van der Waals surface area contributed by atoms with E-state index in [1.54, 1.807) is 12.1 Å². The number of halogens is 1. The van der Waals surface area contributed by atoms with Gasteiger partial charge in [0, 0.05) is 6.54 Å². The Morgan fingerprint density at radius 3 is 2.52 bits per heavy atom. The summed E-state index contributed by atoms with van der Waals surface area (Å²) >= 11 is 0.958. The number of carbonyl (C=O) groups excluding carboxylic acids is 3. The summed E-state index contributed by atoms with van der Waals surface area (Å²) in [6.07, 6.45) is 0.151. The molecule has 8 heteroatoms. The lowest BCUT2D eigenvalue weighted by molar-refractivity contribution is -0.118. The van der Waals surface area contributed by atoms with Crippen LogP contribution >= 0.6 is 11.3 Å². The zero-order valence-electron chi connectivity index (χ0n) is 15.1. The first-order chi connectivity index (χ1) is 14.0. The maximum absolute atomic E-state index is 13.1. The average molecular weight is 409 g/mol. The van der Waals surface area contributed by atoms with Gasteiger partial charge in [-0.1, -0.05) is 42.5 Å². The number of hydrogen-bond donors (Lipinski definition) is 2. The number of hydrogen-bond acceptors (Lipinski definition) is 5. The molecule has 1 aliphatic heterocycles. The summed E-state index contributed by atoms with van der Waals surface area (Å²) in [6.45, 7) is 0.331. The Bertz CT molecular complexity index is 1080. The van der Waals surface area contributed by atoms with Crippen molar-refractivity contribution in [2.24, 2.45) is 5.92 Å². The summed E-state index contributed by atoms with van der Waals surface area (Å²) in [4.78, 5) is 42.0. The number of nitrogens with one attached hydrogen (secondary N) is 2. The largest absolute Gasteiger partial charge is 0.346 e. The fourth-order valence-electron chi connectivity index (χ4n) is 3.05. The molecule has 0 saturated carbocycles. The molecule has 0 radical (unpaired) electrons. The molecule has 1 aliphatic rings. The third kappa shape index (κ3) is 4.07. The molecule has 4 rings (SSSR count). The SMILES string of the molecule is O=C(NCc1ccccc1)c1nc2c(s1)C(=O)C(Cc1ccc(F)cc1)C(=O)N2. The monoisotopic (exact) mass is 409 g/mol. The number of ketones is 1. The van der Waals surface area contributed by atoms with Crippen molar-refractivity contribution in [2.75, 3.05) is 5.32 Å². The first kappa shape index (κ1) is 18.9. The van der Waals surface area contributed by atoms with E-state index < -0.39 is 17.7 Å². The van der Waals surface area contributed by atoms with E-state index in [1.165, 1.54) is 12.1 Å². The molecule has 3 aromatic rings. The van der Waals surface area contributed by atoms with Crippen LogP contribution in [-0.2, 0) is 17.8 Å². The number of Topliss-reactive ketones (excluding diaryl/α,β-unsaturated/α-hetero) is 1. The minimum absolute atomic E-state index is 0.113. The van der Waals surface area contributed by atoms with Crippen LogP contribution < -0.4 is 10.6 Å². The molecule has 0 bridgehead atoms. The number of anilines is 1. The first-order valence-corrected chi connectivity index (χ1v) is 9.75. The van der Waals surface area contributed by atoms with Crippen molar-refractivity contribution in [3.8, 4) is 0 Å². The van der Waals surface area contributed by atoms with Crippen molar-refractivity contribution < 1.29 is 18.8 Å². The van der Waals surface area contributed by atoms with Crippen molar-refractivity contribution in [2.45, 2.75) is 13.0 Å². The number of fused-ring (bicyclic) bond motifs is 1. The van der Waals surface area contributed by atoms with Gasteiger partial charge >= 0.3 is 0 Å². The predicted molar refractivity (Wildman–Crippen MR) is 106 cm³/mol. The standard InChI is InChI=1S/C21H16FN3O3S/c22-14-8-6-12(7-9-14)10-15-16(26)17-18(24-19(15)27)25-21(29-17)20(28)23-11-13-4-2-1-3-5-13/h1-9,15H,10-11H2,(H,23,28)(H,24,27). The van der Waals surface area contributed by atoms with E-state index in [1.807, 2.05) is 30.3 Å². The molecular weight excluding hydrogens is 393 g/mol. The minimum Gasteiger partial charge on any atom is -0.346 e. The van der Waals surface area contributed by atoms with Gasteiger partial charge in [-0.3, -0.25) is 14.4 Å². The molecule has 6 nitrogen and oxygen atoms in total. The number of carbonyl (C=O) groups is 3. The third-order valence-corrected chi connectivity index (χ3v) is 5.64. The van der Waals surface area contributed by atoms with Gasteiger partial charge in [0.2, 0.25) is 5.91 Å². The molecule has 1 unspecified atom stereocenters. The molecule has 0 saturated heterocycles. The molecular formula is C21H16FN3O3S. The Kier molecular flexibility index (Phi) is 5.18. The highest BCUT2D eigenvalue weighted by atomic mass is 32.1. The maximum Gasteiger partial charge on any atom is 0.280 e. The van der Waals surface area contributed by atoms with Gasteiger partial charge in [-0.2, -0.15) is 0 Å². The Hall–Kier alpha value is -3.39. The van der Waals surface area contributed by atoms with Crippen LogP contribution in [0.1, 0.15) is 30.6 Å². The van der Waals surface area contributed by atoms with Gasteiger partial charge in [-0.05, 0) is 29.7 Å². The molecule has 2 amide bonds. The zero-order chi connectivity index (χ0) is 20.4. The second-order valence-corrected chi connectivity index (χ2v) is 7.60. The zero-order valence-corrected chi connectivity index (χ0v) is 16.0. The van der Waals surface area contributed by atoms with E-state index in [0.29, 0.717) is 12.1 Å². The van der Waals surface area contributed by atoms with Crippen molar-refractivity contribution >= 4 is 34.8 Å². The van der Waals surface area contributed by atoms with Gasteiger partial charge in [0.1, 0.15) is 16.6 Å². The van der Waals surface area contributed by atoms with Crippen LogP contribution in [0.15, 0.2) is 54.6 Å². The van der Waals surface area contributed by atoms with E-state index in [0.717, 1.165) is 16.9 Å². The Morgan fingerprint density at radius 2 is 1.79 bits per heavy atom. The van der Waals surface area contributed by atoms with Crippen molar-refractivity contribution in [3.63, 3.8) is 0 Å². The fourth-order valence-corrected chi connectivity index (χ4v) is 3.98. The third-order valence-electron chi connectivity index (χ3n) is 4.57. The second-order valence-electron chi connectivity index (χ2n) is 6.60. The van der Waals surface area contributed by atoms with E-state index in [9.17, 15) is 18.8 Å². The summed E-state index contributed by atoms with van der Waals surface area (Å²) < 4.78 is 13.1. The number of thiazole rings is 1. The van der Waals surface area contributed by atoms with Gasteiger partial charge in [0.15, 0.2) is 16.6 Å². The lowest BCUT2D eigenvalue weighted by Crippen LogP contribution is -2.36. The van der Waals surface area contributed by atoms with Gasteiger partial charge in [0.05, 0.1) is 0 Å². The van der Waals surface area contributed by atoms with Gasteiger partial charge in [-0.15, -0.1) is 11.3 Å². The Labute approximate surface area is 169 Å². The lowest BCUT2D eigenvalue weighted by atomic mass is 9.91. The van der Waals surface area contributed by atoms with E-state index in [4.69, 9.17) is 0 Å². The van der Waals surface area contributed by atoms with Crippen LogP contribution in [0.4, 0.5) is 10.2 Å². The summed E-state index contributed by atoms with van der Waals surface area (Å²) in [5.41, 5.74) is 1.61. The lowest BCUT2D eigenvalue weighted by Gasteiger charge is -2.19.